The van der Waals surface area contributed by atoms with Gasteiger partial charge in [-0.05, 0) is 29.6 Å². The van der Waals surface area contributed by atoms with Gasteiger partial charge in [-0.1, -0.05) is 34.4 Å². The summed E-state index contributed by atoms with van der Waals surface area (Å²) in [4.78, 5) is 13.0. The van der Waals surface area contributed by atoms with Crippen molar-refractivity contribution >= 4 is 46.1 Å². The highest BCUT2D eigenvalue weighted by Gasteiger charge is 2.15. The molecule has 2 heterocycles. The van der Waals surface area contributed by atoms with E-state index in [0.717, 1.165) is 4.88 Å². The Labute approximate surface area is 134 Å². The van der Waals surface area contributed by atoms with E-state index in [2.05, 4.69) is 10.5 Å². The molecule has 3 rings (SSSR count). The number of carbonyl (C=O) groups excluding carboxylic acids is 1. The summed E-state index contributed by atoms with van der Waals surface area (Å²) in [5.41, 5.74) is 0.601. The van der Waals surface area contributed by atoms with E-state index < -0.39 is 5.91 Å². The van der Waals surface area contributed by atoms with Gasteiger partial charge in [-0.3, -0.25) is 4.79 Å². The van der Waals surface area contributed by atoms with Gasteiger partial charge < -0.3 is 9.84 Å². The third-order valence-corrected chi connectivity index (χ3v) is 4.13. The van der Waals surface area contributed by atoms with Crippen molar-refractivity contribution < 1.29 is 9.32 Å². The molecule has 0 unspecified atom stereocenters. The van der Waals surface area contributed by atoms with E-state index in [1.807, 2.05) is 17.5 Å². The molecule has 2 aromatic heterocycles. The lowest BCUT2D eigenvalue weighted by Gasteiger charge is -2.05. The zero-order valence-electron chi connectivity index (χ0n) is 10.5. The Balaban J connectivity index is 1.81. The molecule has 0 radical (unpaired) electrons. The molecule has 4 nitrogen and oxygen atoms in total. The van der Waals surface area contributed by atoms with Crippen LogP contribution >= 0.6 is 34.5 Å². The maximum absolute atomic E-state index is 12.1. The monoisotopic (exact) mass is 338 g/mol. The molecule has 0 aliphatic carbocycles. The van der Waals surface area contributed by atoms with Crippen LogP contribution in [0.1, 0.15) is 10.5 Å². The first-order chi connectivity index (χ1) is 10.1. The Morgan fingerprint density at radius 3 is 2.86 bits per heavy atom. The number of nitrogens with zero attached hydrogens (tertiary/aromatic N) is 1. The van der Waals surface area contributed by atoms with Gasteiger partial charge in [-0.2, -0.15) is 0 Å². The molecule has 3 aromatic rings. The van der Waals surface area contributed by atoms with Crippen LogP contribution < -0.4 is 5.32 Å². The van der Waals surface area contributed by atoms with E-state index in [1.54, 1.807) is 24.3 Å². The number of hydrogen-bond donors (Lipinski definition) is 1. The van der Waals surface area contributed by atoms with Crippen molar-refractivity contribution in [2.24, 2.45) is 0 Å². The number of hydrogen-bond acceptors (Lipinski definition) is 4. The summed E-state index contributed by atoms with van der Waals surface area (Å²) in [7, 11) is 0. The zero-order valence-corrected chi connectivity index (χ0v) is 12.8. The standard InChI is InChI=1S/C14H8Cl2N2O2S/c15-8-3-4-9(16)10(6-8)17-14(19)11-7-12(20-18-11)13-2-1-5-21-13/h1-7H,(H,17,19). The number of thiophene rings is 1. The number of nitrogens with one attached hydrogen (secondary N) is 1. The van der Waals surface area contributed by atoms with Gasteiger partial charge in [-0.15, -0.1) is 11.3 Å². The highest BCUT2D eigenvalue weighted by molar-refractivity contribution is 7.13. The van der Waals surface area contributed by atoms with Gasteiger partial charge >= 0.3 is 0 Å². The molecule has 0 bridgehead atoms. The van der Waals surface area contributed by atoms with E-state index in [1.165, 1.54) is 11.3 Å². The Morgan fingerprint density at radius 1 is 1.24 bits per heavy atom. The van der Waals surface area contributed by atoms with Crippen molar-refractivity contribution in [2.45, 2.75) is 0 Å². The van der Waals surface area contributed by atoms with Crippen LogP contribution in [0.4, 0.5) is 5.69 Å². The third kappa shape index (κ3) is 3.10. The second-order valence-corrected chi connectivity index (χ2v) is 5.92. The number of halogens is 2. The number of amides is 1. The first-order valence-electron chi connectivity index (χ1n) is 5.90. The molecule has 0 spiro atoms. The number of anilines is 1. The van der Waals surface area contributed by atoms with Crippen molar-refractivity contribution in [3.05, 3.63) is 57.5 Å². The van der Waals surface area contributed by atoms with Crippen LogP contribution in [0.15, 0.2) is 46.3 Å². The number of rotatable bonds is 3. The van der Waals surface area contributed by atoms with Crippen LogP contribution in [0, 0.1) is 0 Å². The first kappa shape index (κ1) is 14.1. The normalized spacial score (nSPS) is 10.6. The molecule has 0 atom stereocenters. The summed E-state index contributed by atoms with van der Waals surface area (Å²) in [5.74, 6) is 0.137. The highest BCUT2D eigenvalue weighted by Crippen LogP contribution is 2.27. The maximum Gasteiger partial charge on any atom is 0.277 e. The summed E-state index contributed by atoms with van der Waals surface area (Å²) in [6.45, 7) is 0. The molecule has 21 heavy (non-hydrogen) atoms. The Kier molecular flexibility index (Phi) is 3.96. The van der Waals surface area contributed by atoms with Crippen LogP contribution in [0.25, 0.3) is 10.6 Å². The van der Waals surface area contributed by atoms with Gasteiger partial charge in [-0.25, -0.2) is 0 Å². The van der Waals surface area contributed by atoms with E-state index in [4.69, 9.17) is 27.7 Å². The first-order valence-corrected chi connectivity index (χ1v) is 7.54. The van der Waals surface area contributed by atoms with Crippen LogP contribution in [0.3, 0.4) is 0 Å². The molecule has 0 fully saturated rings. The summed E-state index contributed by atoms with van der Waals surface area (Å²) in [6, 6.07) is 10.2. The van der Waals surface area contributed by atoms with Crippen LogP contribution in [0.2, 0.25) is 10.0 Å². The summed E-state index contributed by atoms with van der Waals surface area (Å²) in [5, 5.41) is 9.21. The minimum absolute atomic E-state index is 0.175. The van der Waals surface area contributed by atoms with Gasteiger partial charge in [0.15, 0.2) is 11.5 Å². The molecule has 1 aromatic carbocycles. The van der Waals surface area contributed by atoms with Crippen LogP contribution in [-0.4, -0.2) is 11.1 Å². The fraction of sp³-hybridized carbons (Fsp3) is 0. The number of carbonyl (C=O) groups is 1. The molecule has 7 heteroatoms. The van der Waals surface area contributed by atoms with E-state index in [0.29, 0.717) is 21.5 Å². The van der Waals surface area contributed by atoms with Gasteiger partial charge in [0.25, 0.3) is 5.91 Å². The minimum Gasteiger partial charge on any atom is -0.355 e. The lowest BCUT2D eigenvalue weighted by Crippen LogP contribution is -2.12. The van der Waals surface area contributed by atoms with Gasteiger partial charge in [0.1, 0.15) is 0 Å². The van der Waals surface area contributed by atoms with Crippen molar-refractivity contribution in [3.8, 4) is 10.6 Å². The lowest BCUT2D eigenvalue weighted by atomic mass is 10.3. The molecule has 1 amide bonds. The van der Waals surface area contributed by atoms with Gasteiger partial charge in [0.2, 0.25) is 0 Å². The van der Waals surface area contributed by atoms with Crippen LogP contribution in [-0.2, 0) is 0 Å². The second-order valence-electron chi connectivity index (χ2n) is 4.13. The molecule has 1 N–H and O–H groups in total. The third-order valence-electron chi connectivity index (χ3n) is 2.68. The predicted octanol–water partition coefficient (Wildman–Crippen LogP) is 4.96. The Bertz CT molecular complexity index is 784. The Hall–Kier alpha value is -1.82. The molecular formula is C14H8Cl2N2O2S. The van der Waals surface area contributed by atoms with Crippen molar-refractivity contribution in [1.82, 2.24) is 5.16 Å². The average molecular weight is 339 g/mol. The van der Waals surface area contributed by atoms with E-state index in [-0.39, 0.29) is 5.69 Å². The lowest BCUT2D eigenvalue weighted by molar-refractivity contribution is 0.101. The molecule has 0 aliphatic rings. The predicted molar refractivity (Wildman–Crippen MR) is 84.2 cm³/mol. The summed E-state index contributed by atoms with van der Waals surface area (Å²) >= 11 is 13.4. The van der Waals surface area contributed by atoms with E-state index >= 15 is 0 Å². The largest absolute Gasteiger partial charge is 0.355 e. The number of aromatic nitrogens is 1. The smallest absolute Gasteiger partial charge is 0.277 e. The summed E-state index contributed by atoms with van der Waals surface area (Å²) < 4.78 is 5.16. The van der Waals surface area contributed by atoms with Crippen molar-refractivity contribution in [1.29, 1.82) is 0 Å². The maximum atomic E-state index is 12.1. The van der Waals surface area contributed by atoms with Crippen LogP contribution in [0.5, 0.6) is 0 Å². The topological polar surface area (TPSA) is 55.1 Å². The molecule has 0 saturated carbocycles. The second kappa shape index (κ2) is 5.89. The van der Waals surface area contributed by atoms with Crippen molar-refractivity contribution in [3.63, 3.8) is 0 Å². The van der Waals surface area contributed by atoms with E-state index in [9.17, 15) is 4.79 Å². The fourth-order valence-electron chi connectivity index (χ4n) is 1.70. The SMILES string of the molecule is O=C(Nc1cc(Cl)ccc1Cl)c1cc(-c2cccs2)on1. The van der Waals surface area contributed by atoms with Gasteiger partial charge in [0.05, 0.1) is 15.6 Å². The van der Waals surface area contributed by atoms with Gasteiger partial charge in [0, 0.05) is 11.1 Å². The number of benzene rings is 1. The molecule has 106 valence electrons. The Morgan fingerprint density at radius 2 is 2.10 bits per heavy atom. The summed E-state index contributed by atoms with van der Waals surface area (Å²) in [6.07, 6.45) is 0. The minimum atomic E-state index is -0.411. The molecule has 0 aliphatic heterocycles. The highest BCUT2D eigenvalue weighted by atomic mass is 35.5. The van der Waals surface area contributed by atoms with Crippen molar-refractivity contribution in [2.75, 3.05) is 5.32 Å². The quantitative estimate of drug-likeness (QED) is 0.734. The molecule has 0 saturated heterocycles. The fourth-order valence-corrected chi connectivity index (χ4v) is 2.71. The average Bonchev–Trinajstić information content (AvgIpc) is 3.12. The molecular weight excluding hydrogens is 331 g/mol. The zero-order chi connectivity index (χ0) is 14.8.